The normalized spacial score (nSPS) is 14.5. The summed E-state index contributed by atoms with van der Waals surface area (Å²) in [5, 5.41) is 3.47. The number of hydrogen-bond acceptors (Lipinski definition) is 5. The predicted octanol–water partition coefficient (Wildman–Crippen LogP) is 2.09. The largest absolute Gasteiger partial charge is 0.481 e. The first-order valence-corrected chi connectivity index (χ1v) is 9.52. The van der Waals surface area contributed by atoms with Gasteiger partial charge in [-0.1, -0.05) is 30.2 Å². The fourth-order valence-corrected chi connectivity index (χ4v) is 3.47. The number of carbonyl (C=O) groups is 1. The minimum atomic E-state index is -0.201. The first kappa shape index (κ1) is 19.7. The van der Waals surface area contributed by atoms with E-state index < -0.39 is 0 Å². The van der Waals surface area contributed by atoms with E-state index >= 15 is 0 Å². The lowest BCUT2D eigenvalue weighted by Crippen LogP contribution is -2.39. The number of anilines is 1. The number of carbonyl (C=O) groups excluding carboxylic acids is 1. The summed E-state index contributed by atoms with van der Waals surface area (Å²) < 4.78 is 5.60. The highest BCUT2D eigenvalue weighted by molar-refractivity contribution is 5.77. The van der Waals surface area contributed by atoms with Crippen molar-refractivity contribution in [2.45, 2.75) is 25.9 Å². The molecule has 0 spiro atoms. The Balaban J connectivity index is 1.61. The third-order valence-corrected chi connectivity index (χ3v) is 4.98. The van der Waals surface area contributed by atoms with Gasteiger partial charge in [0.05, 0.1) is 0 Å². The van der Waals surface area contributed by atoms with Crippen LogP contribution < -0.4 is 20.7 Å². The standard InChI is InChI=1S/C22H26N4O2/c1-2-14-28-20-8-4-3-6-18(20)15-24-16-19-7-5-11-25-22(19)26-12-9-17(10-13-26)21(23)27/h1,3-8,11,17,24H,9-10,12-16H2,(H2,23,27). The van der Waals surface area contributed by atoms with Crippen LogP contribution >= 0.6 is 0 Å². The molecule has 3 N–H and O–H groups in total. The molecule has 1 aliphatic rings. The summed E-state index contributed by atoms with van der Waals surface area (Å²) in [6.07, 6.45) is 8.65. The van der Waals surface area contributed by atoms with E-state index in [0.717, 1.165) is 48.6 Å². The monoisotopic (exact) mass is 378 g/mol. The Bertz CT molecular complexity index is 838. The molecule has 1 amide bonds. The summed E-state index contributed by atoms with van der Waals surface area (Å²) in [4.78, 5) is 18.2. The van der Waals surface area contributed by atoms with Crippen LogP contribution in [0.5, 0.6) is 5.75 Å². The molecule has 28 heavy (non-hydrogen) atoms. The van der Waals surface area contributed by atoms with Gasteiger partial charge in [0, 0.05) is 49.4 Å². The molecule has 1 saturated heterocycles. The zero-order valence-corrected chi connectivity index (χ0v) is 15.9. The highest BCUT2D eigenvalue weighted by Gasteiger charge is 2.24. The maximum absolute atomic E-state index is 11.4. The molecule has 2 aromatic rings. The summed E-state index contributed by atoms with van der Waals surface area (Å²) >= 11 is 0. The number of primary amides is 1. The highest BCUT2D eigenvalue weighted by Crippen LogP contribution is 2.25. The molecule has 6 nitrogen and oxygen atoms in total. The number of nitrogens with two attached hydrogens (primary N) is 1. The second kappa shape index (κ2) is 9.77. The molecule has 146 valence electrons. The Labute approximate surface area is 166 Å². The van der Waals surface area contributed by atoms with Gasteiger partial charge in [-0.2, -0.15) is 0 Å². The predicted molar refractivity (Wildman–Crippen MR) is 110 cm³/mol. The fourth-order valence-electron chi connectivity index (χ4n) is 3.47. The zero-order chi connectivity index (χ0) is 19.8. The average Bonchev–Trinajstić information content (AvgIpc) is 2.73. The minimum absolute atomic E-state index is 0.0268. The van der Waals surface area contributed by atoms with E-state index in [-0.39, 0.29) is 18.4 Å². The van der Waals surface area contributed by atoms with Gasteiger partial charge in [0.25, 0.3) is 0 Å². The van der Waals surface area contributed by atoms with Crippen LogP contribution in [-0.2, 0) is 17.9 Å². The number of nitrogens with one attached hydrogen (secondary N) is 1. The molecule has 3 rings (SSSR count). The number of amides is 1. The van der Waals surface area contributed by atoms with Crippen molar-refractivity contribution >= 4 is 11.7 Å². The van der Waals surface area contributed by atoms with Crippen molar-refractivity contribution in [2.75, 3.05) is 24.6 Å². The van der Waals surface area contributed by atoms with Crippen LogP contribution in [0.15, 0.2) is 42.6 Å². The van der Waals surface area contributed by atoms with Gasteiger partial charge in [-0.25, -0.2) is 4.98 Å². The van der Waals surface area contributed by atoms with E-state index in [0.29, 0.717) is 13.1 Å². The molecular weight excluding hydrogens is 352 g/mol. The number of pyridine rings is 1. The molecule has 0 aliphatic carbocycles. The molecule has 1 fully saturated rings. The number of para-hydroxylation sites is 1. The SMILES string of the molecule is C#CCOc1ccccc1CNCc1cccnc1N1CCC(C(N)=O)CC1. The van der Waals surface area contributed by atoms with Gasteiger partial charge >= 0.3 is 0 Å². The van der Waals surface area contributed by atoms with Gasteiger partial charge in [-0.05, 0) is 25.0 Å². The van der Waals surface area contributed by atoms with E-state index in [2.05, 4.69) is 27.2 Å². The van der Waals surface area contributed by atoms with Crippen LogP contribution in [0.1, 0.15) is 24.0 Å². The number of hydrogen-bond donors (Lipinski definition) is 2. The van der Waals surface area contributed by atoms with E-state index in [1.807, 2.05) is 36.5 Å². The van der Waals surface area contributed by atoms with E-state index in [1.165, 1.54) is 0 Å². The third-order valence-electron chi connectivity index (χ3n) is 4.98. The number of terminal acetylenes is 1. The Morgan fingerprint density at radius 3 is 2.68 bits per heavy atom. The number of nitrogens with zero attached hydrogens (tertiary/aromatic N) is 2. The molecule has 1 aromatic heterocycles. The quantitative estimate of drug-likeness (QED) is 0.688. The summed E-state index contributed by atoms with van der Waals surface area (Å²) in [6.45, 7) is 3.19. The van der Waals surface area contributed by atoms with Gasteiger partial charge in [-0.3, -0.25) is 4.79 Å². The average molecular weight is 378 g/mol. The summed E-state index contributed by atoms with van der Waals surface area (Å²) in [5.41, 5.74) is 7.63. The lowest BCUT2D eigenvalue weighted by Gasteiger charge is -2.32. The third kappa shape index (κ3) is 5.02. The Kier molecular flexibility index (Phi) is 6.88. The molecule has 0 atom stereocenters. The number of piperidine rings is 1. The molecule has 0 unspecified atom stereocenters. The molecule has 6 heteroatoms. The van der Waals surface area contributed by atoms with E-state index in [9.17, 15) is 4.79 Å². The van der Waals surface area contributed by atoms with Crippen molar-refractivity contribution in [3.05, 3.63) is 53.7 Å². The Morgan fingerprint density at radius 1 is 1.21 bits per heavy atom. The molecule has 0 bridgehead atoms. The van der Waals surface area contributed by atoms with Crippen molar-refractivity contribution in [3.8, 4) is 18.1 Å². The van der Waals surface area contributed by atoms with E-state index in [4.69, 9.17) is 16.9 Å². The maximum Gasteiger partial charge on any atom is 0.220 e. The summed E-state index contributed by atoms with van der Waals surface area (Å²) in [5.74, 6) is 4.03. The van der Waals surface area contributed by atoms with Crippen molar-refractivity contribution < 1.29 is 9.53 Å². The Hall–Kier alpha value is -3.04. The van der Waals surface area contributed by atoms with E-state index in [1.54, 1.807) is 0 Å². The van der Waals surface area contributed by atoms with Crippen molar-refractivity contribution in [1.29, 1.82) is 0 Å². The van der Waals surface area contributed by atoms with Crippen molar-refractivity contribution in [3.63, 3.8) is 0 Å². The lowest BCUT2D eigenvalue weighted by molar-refractivity contribution is -0.122. The zero-order valence-electron chi connectivity index (χ0n) is 15.9. The van der Waals surface area contributed by atoms with Crippen LogP contribution in [0.4, 0.5) is 5.82 Å². The number of rotatable bonds is 8. The van der Waals surface area contributed by atoms with Gasteiger partial charge in [-0.15, -0.1) is 6.42 Å². The first-order valence-electron chi connectivity index (χ1n) is 9.52. The van der Waals surface area contributed by atoms with Crippen LogP contribution in [0.3, 0.4) is 0 Å². The van der Waals surface area contributed by atoms with Crippen LogP contribution in [0.25, 0.3) is 0 Å². The van der Waals surface area contributed by atoms with Gasteiger partial charge < -0.3 is 20.7 Å². The van der Waals surface area contributed by atoms with Gasteiger partial charge in [0.1, 0.15) is 18.2 Å². The van der Waals surface area contributed by atoms with Crippen molar-refractivity contribution in [2.24, 2.45) is 11.7 Å². The number of benzene rings is 1. The van der Waals surface area contributed by atoms with Crippen LogP contribution in [0.2, 0.25) is 0 Å². The van der Waals surface area contributed by atoms with Gasteiger partial charge in [0.2, 0.25) is 5.91 Å². The summed E-state index contributed by atoms with van der Waals surface area (Å²) in [7, 11) is 0. The first-order chi connectivity index (χ1) is 13.7. The molecule has 0 radical (unpaired) electrons. The lowest BCUT2D eigenvalue weighted by atomic mass is 9.96. The second-order valence-electron chi connectivity index (χ2n) is 6.85. The minimum Gasteiger partial charge on any atom is -0.481 e. The smallest absolute Gasteiger partial charge is 0.220 e. The second-order valence-corrected chi connectivity index (χ2v) is 6.85. The van der Waals surface area contributed by atoms with Crippen LogP contribution in [-0.4, -0.2) is 30.6 Å². The highest BCUT2D eigenvalue weighted by atomic mass is 16.5. The molecule has 0 saturated carbocycles. The molecule has 2 heterocycles. The number of ether oxygens (including phenoxy) is 1. The molecular formula is C22H26N4O2. The number of aromatic nitrogens is 1. The fraction of sp³-hybridized carbons (Fsp3) is 0.364. The molecule has 1 aromatic carbocycles. The van der Waals surface area contributed by atoms with Crippen LogP contribution in [0, 0.1) is 18.3 Å². The maximum atomic E-state index is 11.4. The van der Waals surface area contributed by atoms with Crippen molar-refractivity contribution in [1.82, 2.24) is 10.3 Å². The molecule has 1 aliphatic heterocycles. The summed E-state index contributed by atoms with van der Waals surface area (Å²) in [6, 6.07) is 11.9. The van der Waals surface area contributed by atoms with Gasteiger partial charge in [0.15, 0.2) is 0 Å². The Morgan fingerprint density at radius 2 is 1.93 bits per heavy atom. The topological polar surface area (TPSA) is 80.5 Å².